The lowest BCUT2D eigenvalue weighted by atomic mass is 10.2. The number of rotatable bonds is 5. The number of aldehydes is 1. The Morgan fingerprint density at radius 1 is 1.58 bits per heavy atom. The Hall–Kier alpha value is -1.23. The van der Waals surface area contributed by atoms with Crippen LogP contribution in [0.15, 0.2) is 0 Å². The van der Waals surface area contributed by atoms with E-state index in [0.29, 0.717) is 6.29 Å². The number of carbonyl (C=O) groups excluding carboxylic acids is 3. The summed E-state index contributed by atoms with van der Waals surface area (Å²) in [5, 5.41) is 2.29. The number of amides is 1. The molecule has 68 valence electrons. The molecule has 5 nitrogen and oxygen atoms in total. The standard InChI is InChI=1S/C7H12N2O3/c1-5(11)2-6(4-10)9-7(12)3-8/h4,6H,2-3,8H2,1H3,(H,9,12). The van der Waals surface area contributed by atoms with E-state index in [1.54, 1.807) is 0 Å². The van der Waals surface area contributed by atoms with E-state index in [2.05, 4.69) is 5.32 Å². The van der Waals surface area contributed by atoms with Gasteiger partial charge in [-0.05, 0) is 6.92 Å². The molecule has 0 radical (unpaired) electrons. The van der Waals surface area contributed by atoms with Crippen molar-refractivity contribution >= 4 is 18.0 Å². The first kappa shape index (κ1) is 10.8. The lowest BCUT2D eigenvalue weighted by molar-refractivity contribution is -0.124. The van der Waals surface area contributed by atoms with E-state index >= 15 is 0 Å². The molecule has 1 amide bonds. The zero-order chi connectivity index (χ0) is 9.56. The average Bonchev–Trinajstić information content (AvgIpc) is 2.02. The predicted octanol–water partition coefficient (Wildman–Crippen LogP) is -1.39. The molecule has 0 saturated heterocycles. The zero-order valence-electron chi connectivity index (χ0n) is 6.87. The van der Waals surface area contributed by atoms with Crippen molar-refractivity contribution in [3.05, 3.63) is 0 Å². The molecule has 5 heteroatoms. The second-order valence-corrected chi connectivity index (χ2v) is 2.42. The second-order valence-electron chi connectivity index (χ2n) is 2.42. The van der Waals surface area contributed by atoms with Gasteiger partial charge in [0.15, 0.2) is 0 Å². The average molecular weight is 172 g/mol. The highest BCUT2D eigenvalue weighted by Gasteiger charge is 2.11. The van der Waals surface area contributed by atoms with E-state index in [4.69, 9.17) is 5.73 Å². The van der Waals surface area contributed by atoms with Crippen molar-refractivity contribution in [2.24, 2.45) is 5.73 Å². The van der Waals surface area contributed by atoms with Crippen LogP contribution in [0.25, 0.3) is 0 Å². The van der Waals surface area contributed by atoms with Crippen LogP contribution in [0.2, 0.25) is 0 Å². The van der Waals surface area contributed by atoms with Crippen molar-refractivity contribution in [2.45, 2.75) is 19.4 Å². The molecule has 0 aliphatic heterocycles. The third-order valence-corrected chi connectivity index (χ3v) is 1.20. The summed E-state index contributed by atoms with van der Waals surface area (Å²) in [5.41, 5.74) is 4.99. The van der Waals surface area contributed by atoms with Crippen LogP contribution < -0.4 is 11.1 Å². The maximum absolute atomic E-state index is 10.7. The van der Waals surface area contributed by atoms with Crippen LogP contribution in [-0.4, -0.2) is 30.6 Å². The predicted molar refractivity (Wildman–Crippen MR) is 42.3 cm³/mol. The van der Waals surface area contributed by atoms with Crippen LogP contribution in [0.4, 0.5) is 0 Å². The number of Topliss-reactive ketones (excluding diaryl/α,β-unsaturated/α-hetero) is 1. The molecule has 0 spiro atoms. The van der Waals surface area contributed by atoms with Gasteiger partial charge in [-0.2, -0.15) is 0 Å². The quantitative estimate of drug-likeness (QED) is 0.499. The highest BCUT2D eigenvalue weighted by Crippen LogP contribution is 1.88. The van der Waals surface area contributed by atoms with E-state index < -0.39 is 11.9 Å². The summed E-state index contributed by atoms with van der Waals surface area (Å²) in [6, 6.07) is -0.737. The molecule has 0 aliphatic rings. The summed E-state index contributed by atoms with van der Waals surface area (Å²) < 4.78 is 0. The summed E-state index contributed by atoms with van der Waals surface area (Å²) in [6.45, 7) is 1.17. The van der Waals surface area contributed by atoms with Gasteiger partial charge in [-0.15, -0.1) is 0 Å². The summed E-state index contributed by atoms with van der Waals surface area (Å²) in [7, 11) is 0. The number of nitrogens with two attached hydrogens (primary N) is 1. The van der Waals surface area contributed by atoms with Crippen molar-refractivity contribution in [1.29, 1.82) is 0 Å². The molecule has 0 heterocycles. The van der Waals surface area contributed by atoms with Gasteiger partial charge < -0.3 is 15.8 Å². The summed E-state index contributed by atoms with van der Waals surface area (Å²) in [6.07, 6.45) is 0.546. The van der Waals surface area contributed by atoms with Crippen LogP contribution in [-0.2, 0) is 14.4 Å². The highest BCUT2D eigenvalue weighted by atomic mass is 16.2. The number of hydrogen-bond donors (Lipinski definition) is 2. The van der Waals surface area contributed by atoms with Crippen LogP contribution in [0.5, 0.6) is 0 Å². The molecule has 0 aromatic rings. The van der Waals surface area contributed by atoms with Gasteiger partial charge in [0.1, 0.15) is 12.1 Å². The summed E-state index contributed by atoms with van der Waals surface area (Å²) in [5.74, 6) is -0.585. The Balaban J connectivity index is 3.90. The van der Waals surface area contributed by atoms with E-state index in [1.165, 1.54) is 6.92 Å². The SMILES string of the molecule is CC(=O)CC(C=O)NC(=O)CN. The molecule has 1 unspecified atom stereocenters. The fourth-order valence-electron chi connectivity index (χ4n) is 0.709. The molecule has 0 rings (SSSR count). The minimum atomic E-state index is -0.737. The van der Waals surface area contributed by atoms with Gasteiger partial charge in [0.05, 0.1) is 12.6 Å². The molecular formula is C7H12N2O3. The largest absolute Gasteiger partial charge is 0.345 e. The van der Waals surface area contributed by atoms with Crippen LogP contribution in [0, 0.1) is 0 Å². The van der Waals surface area contributed by atoms with Gasteiger partial charge in [-0.1, -0.05) is 0 Å². The number of nitrogens with one attached hydrogen (secondary N) is 1. The number of carbonyl (C=O) groups is 3. The van der Waals surface area contributed by atoms with Crippen LogP contribution in [0.1, 0.15) is 13.3 Å². The molecule has 3 N–H and O–H groups in total. The van der Waals surface area contributed by atoms with E-state index in [0.717, 1.165) is 0 Å². The van der Waals surface area contributed by atoms with Gasteiger partial charge >= 0.3 is 0 Å². The van der Waals surface area contributed by atoms with E-state index in [9.17, 15) is 14.4 Å². The lowest BCUT2D eigenvalue weighted by Gasteiger charge is -2.08. The molecule has 0 bridgehead atoms. The Bertz CT molecular complexity index is 191. The number of ketones is 1. The number of hydrogen-bond acceptors (Lipinski definition) is 4. The van der Waals surface area contributed by atoms with Crippen molar-refractivity contribution < 1.29 is 14.4 Å². The minimum Gasteiger partial charge on any atom is -0.345 e. The van der Waals surface area contributed by atoms with Gasteiger partial charge in [-0.25, -0.2) is 0 Å². The smallest absolute Gasteiger partial charge is 0.234 e. The van der Waals surface area contributed by atoms with E-state index in [1.807, 2.05) is 0 Å². The van der Waals surface area contributed by atoms with E-state index in [-0.39, 0.29) is 18.7 Å². The van der Waals surface area contributed by atoms with Gasteiger partial charge in [0.2, 0.25) is 5.91 Å². The fraction of sp³-hybridized carbons (Fsp3) is 0.571. The molecule has 1 atom stereocenters. The molecule has 0 saturated carbocycles. The Morgan fingerprint density at radius 3 is 2.50 bits per heavy atom. The third kappa shape index (κ3) is 4.56. The fourth-order valence-corrected chi connectivity index (χ4v) is 0.709. The molecule has 0 aliphatic carbocycles. The summed E-state index contributed by atoms with van der Waals surface area (Å²) >= 11 is 0. The van der Waals surface area contributed by atoms with Gasteiger partial charge in [-0.3, -0.25) is 9.59 Å². The highest BCUT2D eigenvalue weighted by molar-refractivity contribution is 5.85. The first-order chi connectivity index (χ1) is 5.60. The monoisotopic (exact) mass is 172 g/mol. The van der Waals surface area contributed by atoms with Crippen LogP contribution >= 0.6 is 0 Å². The maximum Gasteiger partial charge on any atom is 0.234 e. The van der Waals surface area contributed by atoms with Crippen LogP contribution in [0.3, 0.4) is 0 Å². The molecule has 0 aromatic carbocycles. The zero-order valence-corrected chi connectivity index (χ0v) is 6.87. The molecule has 0 fully saturated rings. The Kier molecular flexibility index (Phi) is 4.87. The van der Waals surface area contributed by atoms with Crippen molar-refractivity contribution in [1.82, 2.24) is 5.32 Å². The van der Waals surface area contributed by atoms with Gasteiger partial charge in [0.25, 0.3) is 0 Å². The maximum atomic E-state index is 10.7. The Morgan fingerprint density at radius 2 is 2.17 bits per heavy atom. The first-order valence-corrected chi connectivity index (χ1v) is 3.54. The third-order valence-electron chi connectivity index (χ3n) is 1.20. The van der Waals surface area contributed by atoms with Crippen molar-refractivity contribution in [3.63, 3.8) is 0 Å². The summed E-state index contributed by atoms with van der Waals surface area (Å²) in [4.78, 5) is 31.5. The first-order valence-electron chi connectivity index (χ1n) is 3.54. The second kappa shape index (κ2) is 5.42. The normalized spacial score (nSPS) is 11.8. The molecule has 0 aromatic heterocycles. The molecule has 12 heavy (non-hydrogen) atoms. The lowest BCUT2D eigenvalue weighted by Crippen LogP contribution is -2.40. The van der Waals surface area contributed by atoms with Crippen molar-refractivity contribution in [3.8, 4) is 0 Å². The Labute approximate surface area is 70.3 Å². The molecular weight excluding hydrogens is 160 g/mol. The minimum absolute atomic E-state index is 0.0231. The van der Waals surface area contributed by atoms with Gasteiger partial charge in [0, 0.05) is 6.42 Å². The topological polar surface area (TPSA) is 89.3 Å². The van der Waals surface area contributed by atoms with Crippen molar-refractivity contribution in [2.75, 3.05) is 6.54 Å².